The summed E-state index contributed by atoms with van der Waals surface area (Å²) in [6.45, 7) is 6.51. The molecule has 1 atom stereocenters. The summed E-state index contributed by atoms with van der Waals surface area (Å²) in [5, 5.41) is 0. The van der Waals surface area contributed by atoms with Gasteiger partial charge in [-0.15, -0.1) is 0 Å². The largest absolute Gasteiger partial charge is 0.462 e. The molecule has 0 amide bonds. The van der Waals surface area contributed by atoms with Crippen molar-refractivity contribution in [3.8, 4) is 0 Å². The van der Waals surface area contributed by atoms with Gasteiger partial charge in [-0.25, -0.2) is 0 Å². The van der Waals surface area contributed by atoms with E-state index in [1.54, 1.807) is 0 Å². The predicted molar refractivity (Wildman–Crippen MR) is 357 cm³/mol. The van der Waals surface area contributed by atoms with Crippen LogP contribution in [0.1, 0.15) is 335 Å². The number of carbonyl (C=O) groups excluding carboxylic acids is 3. The van der Waals surface area contributed by atoms with Crippen LogP contribution in [0.4, 0.5) is 0 Å². The maximum absolute atomic E-state index is 12.9. The van der Waals surface area contributed by atoms with Gasteiger partial charge in [0, 0.05) is 19.3 Å². The van der Waals surface area contributed by atoms with Crippen molar-refractivity contribution in [1.29, 1.82) is 0 Å². The monoisotopic (exact) mass is 1140 g/mol. The maximum atomic E-state index is 12.9. The van der Waals surface area contributed by atoms with Gasteiger partial charge in [-0.2, -0.15) is 0 Å². The van der Waals surface area contributed by atoms with Crippen LogP contribution in [-0.4, -0.2) is 37.2 Å². The Morgan fingerprint density at radius 1 is 0.256 bits per heavy atom. The van der Waals surface area contributed by atoms with Crippen molar-refractivity contribution in [3.63, 3.8) is 0 Å². The van der Waals surface area contributed by atoms with Gasteiger partial charge in [0.25, 0.3) is 0 Å². The molecular formula is C76H130O6. The molecule has 0 aromatic rings. The van der Waals surface area contributed by atoms with E-state index >= 15 is 0 Å². The molecule has 0 saturated carbocycles. The first-order valence-corrected chi connectivity index (χ1v) is 34.9. The molecule has 6 nitrogen and oxygen atoms in total. The topological polar surface area (TPSA) is 78.9 Å². The van der Waals surface area contributed by atoms with Crippen molar-refractivity contribution in [2.45, 2.75) is 341 Å². The van der Waals surface area contributed by atoms with Gasteiger partial charge in [-0.05, 0) is 128 Å². The summed E-state index contributed by atoms with van der Waals surface area (Å²) in [4.78, 5) is 38.4. The van der Waals surface area contributed by atoms with Crippen molar-refractivity contribution in [2.24, 2.45) is 0 Å². The van der Waals surface area contributed by atoms with E-state index < -0.39 is 6.10 Å². The minimum atomic E-state index is -0.788. The third-order valence-corrected chi connectivity index (χ3v) is 15.0. The first kappa shape index (κ1) is 78.1. The molecule has 1 unspecified atom stereocenters. The van der Waals surface area contributed by atoms with E-state index in [1.165, 1.54) is 180 Å². The van der Waals surface area contributed by atoms with Gasteiger partial charge in [0.2, 0.25) is 0 Å². The summed E-state index contributed by atoms with van der Waals surface area (Å²) in [6.07, 6.45) is 95.4. The lowest BCUT2D eigenvalue weighted by atomic mass is 10.0. The fraction of sp³-hybridized carbons (Fsp3) is 0.724. The van der Waals surface area contributed by atoms with Crippen molar-refractivity contribution in [2.75, 3.05) is 13.2 Å². The zero-order valence-electron chi connectivity index (χ0n) is 54.0. The molecular weight excluding hydrogens is 1010 g/mol. The maximum Gasteiger partial charge on any atom is 0.306 e. The summed E-state index contributed by atoms with van der Waals surface area (Å²) in [6, 6.07) is 0. The van der Waals surface area contributed by atoms with Gasteiger partial charge in [0.1, 0.15) is 13.2 Å². The number of allylic oxidation sites excluding steroid dienone is 18. The SMILES string of the molecule is CC/C=C\C/C=C\C/C=C\C/C=C\C/C=C\CCCCCCCCCCCC(=O)OC(COC(=O)CCCCCCC/C=C\CCCCC)COC(=O)CCCCCCCCCCCCCC/C=C\C/C=C\C/C=C\CCCCCCC. The number of carbonyl (C=O) groups is 3. The van der Waals surface area contributed by atoms with Crippen LogP contribution in [0.3, 0.4) is 0 Å². The van der Waals surface area contributed by atoms with Crippen molar-refractivity contribution < 1.29 is 28.6 Å². The van der Waals surface area contributed by atoms with Crippen molar-refractivity contribution in [3.05, 3.63) is 109 Å². The molecule has 470 valence electrons. The average molecular weight is 1140 g/mol. The fourth-order valence-corrected chi connectivity index (χ4v) is 9.77. The van der Waals surface area contributed by atoms with E-state index in [4.69, 9.17) is 14.2 Å². The summed E-state index contributed by atoms with van der Waals surface area (Å²) in [5.41, 5.74) is 0. The zero-order valence-corrected chi connectivity index (χ0v) is 54.0. The highest BCUT2D eigenvalue weighted by molar-refractivity contribution is 5.71. The molecule has 0 N–H and O–H groups in total. The molecule has 0 saturated heterocycles. The van der Waals surface area contributed by atoms with E-state index in [1.807, 2.05) is 0 Å². The Morgan fingerprint density at radius 3 is 0.780 bits per heavy atom. The summed E-state index contributed by atoms with van der Waals surface area (Å²) in [5.74, 6) is -0.890. The normalized spacial score (nSPS) is 12.8. The van der Waals surface area contributed by atoms with E-state index in [0.29, 0.717) is 19.3 Å². The Balaban J connectivity index is 4.29. The minimum absolute atomic E-state index is 0.0834. The van der Waals surface area contributed by atoms with Crippen LogP contribution in [-0.2, 0) is 28.6 Å². The fourth-order valence-electron chi connectivity index (χ4n) is 9.77. The molecule has 0 fully saturated rings. The molecule has 0 aliphatic heterocycles. The Labute approximate surface area is 508 Å². The van der Waals surface area contributed by atoms with Gasteiger partial charge in [0.05, 0.1) is 0 Å². The number of esters is 3. The van der Waals surface area contributed by atoms with Crippen LogP contribution in [0.2, 0.25) is 0 Å². The van der Waals surface area contributed by atoms with Gasteiger partial charge < -0.3 is 14.2 Å². The summed E-state index contributed by atoms with van der Waals surface area (Å²) >= 11 is 0. The summed E-state index contributed by atoms with van der Waals surface area (Å²) in [7, 11) is 0. The third-order valence-electron chi connectivity index (χ3n) is 15.0. The zero-order chi connectivity index (χ0) is 59.2. The summed E-state index contributed by atoms with van der Waals surface area (Å²) < 4.78 is 17.0. The van der Waals surface area contributed by atoms with Crippen LogP contribution < -0.4 is 0 Å². The van der Waals surface area contributed by atoms with Crippen LogP contribution in [0.5, 0.6) is 0 Å². The second-order valence-corrected chi connectivity index (χ2v) is 23.1. The smallest absolute Gasteiger partial charge is 0.306 e. The molecule has 0 aliphatic rings. The van der Waals surface area contributed by atoms with Crippen molar-refractivity contribution >= 4 is 17.9 Å². The minimum Gasteiger partial charge on any atom is -0.462 e. The number of hydrogen-bond acceptors (Lipinski definition) is 6. The Hall–Kier alpha value is -3.93. The van der Waals surface area contributed by atoms with E-state index in [-0.39, 0.29) is 31.1 Å². The van der Waals surface area contributed by atoms with Gasteiger partial charge in [-0.3, -0.25) is 14.4 Å². The average Bonchev–Trinajstić information content (AvgIpc) is 3.47. The standard InChI is InChI=1S/C76H130O6/c1-4-7-10-13-16-19-22-25-27-29-31-33-35-37-38-40-41-43-45-47-49-51-54-57-60-63-66-69-75(78)81-72-73(71-80-74(77)68-65-62-59-56-53-24-21-18-15-12-9-6-3)82-76(79)70-67-64-61-58-55-52-50-48-46-44-42-39-36-34-32-30-28-26-23-20-17-14-11-8-5-2/h8,11,17-18,20-22,25-26,28-29,31-32,34-35,37,39,42,73H,4-7,9-10,12-16,19,23-24,27,30,33,36,38,40-41,43-72H2,1-3H3/b11-8-,20-17-,21-18-,25-22-,28-26-,31-29-,34-32-,37-35-,42-39-. The number of rotatable bonds is 63. The Kier molecular flexibility index (Phi) is 66.2. The number of ether oxygens (including phenoxy) is 3. The lowest BCUT2D eigenvalue weighted by Gasteiger charge is -2.18. The number of unbranched alkanes of at least 4 members (excludes halogenated alkanes) is 34. The Bertz CT molecular complexity index is 1640. The van der Waals surface area contributed by atoms with Crippen LogP contribution in [0, 0.1) is 0 Å². The highest BCUT2D eigenvalue weighted by Crippen LogP contribution is 2.17. The number of hydrogen-bond donors (Lipinski definition) is 0. The molecule has 0 rings (SSSR count). The van der Waals surface area contributed by atoms with Gasteiger partial charge >= 0.3 is 17.9 Å². The first-order chi connectivity index (χ1) is 40.5. The van der Waals surface area contributed by atoms with Crippen LogP contribution in [0.25, 0.3) is 0 Å². The second-order valence-electron chi connectivity index (χ2n) is 23.1. The van der Waals surface area contributed by atoms with Crippen LogP contribution in [0.15, 0.2) is 109 Å². The van der Waals surface area contributed by atoms with Crippen LogP contribution >= 0.6 is 0 Å². The van der Waals surface area contributed by atoms with E-state index in [0.717, 1.165) is 116 Å². The molecule has 0 aromatic carbocycles. The van der Waals surface area contributed by atoms with E-state index in [9.17, 15) is 14.4 Å². The highest BCUT2D eigenvalue weighted by Gasteiger charge is 2.19. The molecule has 6 heteroatoms. The highest BCUT2D eigenvalue weighted by atomic mass is 16.6. The predicted octanol–water partition coefficient (Wildman–Crippen LogP) is 24.2. The third kappa shape index (κ3) is 66.9. The van der Waals surface area contributed by atoms with E-state index in [2.05, 4.69) is 130 Å². The molecule has 0 radical (unpaired) electrons. The quantitative estimate of drug-likeness (QED) is 0.0261. The molecule has 82 heavy (non-hydrogen) atoms. The molecule has 0 spiro atoms. The molecule has 0 aromatic heterocycles. The lowest BCUT2D eigenvalue weighted by molar-refractivity contribution is -0.167. The second kappa shape index (κ2) is 69.6. The van der Waals surface area contributed by atoms with Gasteiger partial charge in [0.15, 0.2) is 6.10 Å². The Morgan fingerprint density at radius 2 is 0.476 bits per heavy atom. The first-order valence-electron chi connectivity index (χ1n) is 34.9. The molecule has 0 bridgehead atoms. The molecule has 0 aliphatic carbocycles. The van der Waals surface area contributed by atoms with Gasteiger partial charge in [-0.1, -0.05) is 297 Å². The lowest BCUT2D eigenvalue weighted by Crippen LogP contribution is -2.30. The van der Waals surface area contributed by atoms with Crippen molar-refractivity contribution in [1.82, 2.24) is 0 Å². The molecule has 0 heterocycles.